The first-order chi connectivity index (χ1) is 10.2. The van der Waals surface area contributed by atoms with E-state index in [1.165, 1.54) is 43.6 Å². The van der Waals surface area contributed by atoms with Gasteiger partial charge in [-0.25, -0.2) is 4.98 Å². The lowest BCUT2D eigenvalue weighted by atomic mass is 10.1. The van der Waals surface area contributed by atoms with Gasteiger partial charge >= 0.3 is 0 Å². The third-order valence-electron chi connectivity index (χ3n) is 3.47. The summed E-state index contributed by atoms with van der Waals surface area (Å²) < 4.78 is 4.32. The molecular weight excluding hydrogens is 300 g/mol. The van der Waals surface area contributed by atoms with Crippen molar-refractivity contribution in [1.29, 1.82) is 0 Å². The number of anilines is 2. The number of aryl methyl sites for hydroxylation is 1. The second-order valence-electron chi connectivity index (χ2n) is 5.30. The Hall–Kier alpha value is -1.14. The summed E-state index contributed by atoms with van der Waals surface area (Å²) in [6.45, 7) is 6.47. The highest BCUT2D eigenvalue weighted by molar-refractivity contribution is 7.11. The Morgan fingerprint density at radius 1 is 1.29 bits per heavy atom. The van der Waals surface area contributed by atoms with Gasteiger partial charge in [0.2, 0.25) is 0 Å². The summed E-state index contributed by atoms with van der Waals surface area (Å²) in [5.41, 5.74) is 7.97. The molecule has 0 fully saturated rings. The van der Waals surface area contributed by atoms with Gasteiger partial charge in [0.25, 0.3) is 0 Å². The molecule has 0 amide bonds. The van der Waals surface area contributed by atoms with Crippen LogP contribution in [0, 0.1) is 6.92 Å². The van der Waals surface area contributed by atoms with Gasteiger partial charge in [-0.15, -0.1) is 11.3 Å². The summed E-state index contributed by atoms with van der Waals surface area (Å²) in [6.07, 6.45) is 6.02. The van der Waals surface area contributed by atoms with Gasteiger partial charge in [0.15, 0.2) is 0 Å². The Kier molecular flexibility index (Phi) is 5.99. The highest BCUT2D eigenvalue weighted by Gasteiger charge is 2.18. The summed E-state index contributed by atoms with van der Waals surface area (Å²) in [6, 6.07) is 0.494. The molecule has 0 radical (unpaired) electrons. The van der Waals surface area contributed by atoms with Crippen molar-refractivity contribution in [1.82, 2.24) is 9.36 Å². The Labute approximate surface area is 135 Å². The number of aromatic nitrogens is 2. The fraction of sp³-hybridized carbons (Fsp3) is 0.600. The topological polar surface area (TPSA) is 63.8 Å². The lowest BCUT2D eigenvalue weighted by molar-refractivity contribution is 0.565. The molecule has 0 saturated carbocycles. The molecule has 2 rings (SSSR count). The van der Waals surface area contributed by atoms with Crippen molar-refractivity contribution >= 4 is 33.7 Å². The first kappa shape index (κ1) is 16.2. The zero-order valence-electron chi connectivity index (χ0n) is 13.0. The van der Waals surface area contributed by atoms with Crippen LogP contribution in [0.25, 0.3) is 11.3 Å². The predicted molar refractivity (Wildman–Crippen MR) is 94.2 cm³/mol. The molecule has 0 aromatic carbocycles. The van der Waals surface area contributed by atoms with Crippen LogP contribution >= 0.6 is 22.9 Å². The van der Waals surface area contributed by atoms with Crippen LogP contribution in [0.4, 0.5) is 10.8 Å². The van der Waals surface area contributed by atoms with Crippen LogP contribution in [-0.2, 0) is 0 Å². The Balaban J connectivity index is 2.19. The van der Waals surface area contributed by atoms with Crippen LogP contribution in [0.5, 0.6) is 0 Å². The van der Waals surface area contributed by atoms with E-state index in [0.29, 0.717) is 11.9 Å². The second kappa shape index (κ2) is 7.75. The van der Waals surface area contributed by atoms with Gasteiger partial charge in [0.05, 0.1) is 16.3 Å². The van der Waals surface area contributed by atoms with E-state index in [-0.39, 0.29) is 0 Å². The van der Waals surface area contributed by atoms with E-state index in [9.17, 15) is 0 Å². The lowest BCUT2D eigenvalue weighted by Crippen LogP contribution is -2.18. The van der Waals surface area contributed by atoms with Crippen LogP contribution in [0.3, 0.4) is 0 Å². The van der Waals surface area contributed by atoms with Crippen molar-refractivity contribution in [3.8, 4) is 11.3 Å². The number of nitrogen functional groups attached to an aromatic ring is 1. The molecule has 0 saturated heterocycles. The number of nitrogens with one attached hydrogen (secondary N) is 1. The quantitative estimate of drug-likeness (QED) is 0.723. The molecule has 1 unspecified atom stereocenters. The first-order valence-electron chi connectivity index (χ1n) is 7.59. The van der Waals surface area contributed by atoms with Crippen molar-refractivity contribution in [2.75, 3.05) is 11.1 Å². The summed E-state index contributed by atoms with van der Waals surface area (Å²) >= 11 is 3.09. The lowest BCUT2D eigenvalue weighted by Gasteiger charge is -2.18. The van der Waals surface area contributed by atoms with Gasteiger partial charge in [-0.1, -0.05) is 33.1 Å². The zero-order chi connectivity index (χ0) is 15.2. The number of hydrogen-bond acceptors (Lipinski definition) is 6. The molecule has 2 aromatic heterocycles. The van der Waals surface area contributed by atoms with Crippen molar-refractivity contribution in [2.45, 2.75) is 58.9 Å². The number of hydrogen-bond donors (Lipinski definition) is 2. The molecule has 0 aliphatic rings. The van der Waals surface area contributed by atoms with E-state index >= 15 is 0 Å². The number of thiazole rings is 1. The van der Waals surface area contributed by atoms with Gasteiger partial charge < -0.3 is 11.1 Å². The van der Waals surface area contributed by atoms with E-state index in [1.54, 1.807) is 11.3 Å². The molecular formula is C15H24N4S2. The normalized spacial score (nSPS) is 12.5. The number of rotatable bonds is 8. The molecule has 2 aromatic rings. The Morgan fingerprint density at radius 3 is 2.71 bits per heavy atom. The first-order valence-corrected chi connectivity index (χ1v) is 9.25. The molecule has 0 aliphatic carbocycles. The van der Waals surface area contributed by atoms with Crippen LogP contribution < -0.4 is 11.1 Å². The average Bonchev–Trinajstić information content (AvgIpc) is 3.02. The summed E-state index contributed by atoms with van der Waals surface area (Å²) in [7, 11) is 0. The second-order valence-corrected chi connectivity index (χ2v) is 7.13. The molecule has 2 heterocycles. The van der Waals surface area contributed by atoms with Gasteiger partial charge in [0, 0.05) is 11.4 Å². The van der Waals surface area contributed by atoms with E-state index in [1.807, 2.05) is 6.92 Å². The maximum Gasteiger partial charge on any atom is 0.148 e. The molecule has 0 bridgehead atoms. The minimum Gasteiger partial charge on any atom is -0.382 e. The fourth-order valence-electron chi connectivity index (χ4n) is 2.40. The predicted octanol–water partition coefficient (Wildman–Crippen LogP) is 4.93. The van der Waals surface area contributed by atoms with E-state index < -0.39 is 0 Å². The zero-order valence-corrected chi connectivity index (χ0v) is 14.6. The third kappa shape index (κ3) is 4.17. The molecule has 3 N–H and O–H groups in total. The smallest absolute Gasteiger partial charge is 0.148 e. The highest BCUT2D eigenvalue weighted by Crippen LogP contribution is 2.38. The van der Waals surface area contributed by atoms with Crippen molar-refractivity contribution in [2.24, 2.45) is 0 Å². The minimum atomic E-state index is 0.494. The van der Waals surface area contributed by atoms with Crippen LogP contribution in [0.1, 0.15) is 51.0 Å². The average molecular weight is 325 g/mol. The molecule has 116 valence electrons. The summed E-state index contributed by atoms with van der Waals surface area (Å²) in [4.78, 5) is 4.56. The molecule has 0 aliphatic heterocycles. The molecule has 4 nitrogen and oxygen atoms in total. The van der Waals surface area contributed by atoms with Gasteiger partial charge in [-0.3, -0.25) is 0 Å². The Bertz CT molecular complexity index is 562. The fourth-order valence-corrected chi connectivity index (χ4v) is 3.80. The number of nitrogens with two attached hydrogens (primary N) is 1. The van der Waals surface area contributed by atoms with Gasteiger partial charge in [-0.05, 0) is 31.3 Å². The summed E-state index contributed by atoms with van der Waals surface area (Å²) in [5.74, 6) is 0.582. The number of nitrogens with zero attached hydrogens (tertiary/aromatic N) is 2. The number of unbranched alkanes of at least 4 members (excludes halogenated alkanes) is 1. The SMILES string of the molecule is CCCCC(CCC)Nc1snc(N)c1-c1csc(C)n1. The van der Waals surface area contributed by atoms with Crippen LogP contribution in [0.15, 0.2) is 5.38 Å². The molecule has 6 heteroatoms. The van der Waals surface area contributed by atoms with Crippen molar-refractivity contribution < 1.29 is 0 Å². The van der Waals surface area contributed by atoms with Gasteiger partial charge in [0.1, 0.15) is 10.8 Å². The van der Waals surface area contributed by atoms with Gasteiger partial charge in [-0.2, -0.15) is 4.37 Å². The van der Waals surface area contributed by atoms with Crippen LogP contribution in [-0.4, -0.2) is 15.4 Å². The molecule has 0 spiro atoms. The standard InChI is InChI=1S/C15H24N4S2/c1-4-6-8-11(7-5-2)18-15-13(14(16)19-21-15)12-9-20-10(3)17-12/h9,11,18H,4-8H2,1-3H3,(H2,16,19). The third-order valence-corrected chi connectivity index (χ3v) is 5.04. The Morgan fingerprint density at radius 2 is 2.10 bits per heavy atom. The van der Waals surface area contributed by atoms with Crippen molar-refractivity contribution in [3.63, 3.8) is 0 Å². The largest absolute Gasteiger partial charge is 0.382 e. The van der Waals surface area contributed by atoms with E-state index in [4.69, 9.17) is 5.73 Å². The highest BCUT2D eigenvalue weighted by atomic mass is 32.1. The molecule has 1 atom stereocenters. The van der Waals surface area contributed by atoms with Crippen molar-refractivity contribution in [3.05, 3.63) is 10.4 Å². The van der Waals surface area contributed by atoms with E-state index in [2.05, 4.69) is 33.9 Å². The van der Waals surface area contributed by atoms with Crippen LogP contribution in [0.2, 0.25) is 0 Å². The summed E-state index contributed by atoms with van der Waals surface area (Å²) in [5, 5.41) is 7.83. The monoisotopic (exact) mass is 324 g/mol. The van der Waals surface area contributed by atoms with E-state index in [0.717, 1.165) is 21.3 Å². The maximum absolute atomic E-state index is 6.06. The molecule has 21 heavy (non-hydrogen) atoms. The minimum absolute atomic E-state index is 0.494. The maximum atomic E-state index is 6.06.